The highest BCUT2D eigenvalue weighted by Crippen LogP contribution is 2.45. The van der Waals surface area contributed by atoms with E-state index in [1.54, 1.807) is 23.2 Å². The van der Waals surface area contributed by atoms with Crippen LogP contribution in [0.5, 0.6) is 0 Å². The molecule has 27 heavy (non-hydrogen) atoms. The van der Waals surface area contributed by atoms with Gasteiger partial charge in [-0.15, -0.1) is 0 Å². The Morgan fingerprint density at radius 1 is 1.22 bits per heavy atom. The summed E-state index contributed by atoms with van der Waals surface area (Å²) in [6, 6.07) is 14.9. The number of benzene rings is 1. The van der Waals surface area contributed by atoms with Crippen LogP contribution in [0.4, 0.5) is 4.79 Å². The van der Waals surface area contributed by atoms with Gasteiger partial charge in [-0.1, -0.05) is 36.4 Å². The van der Waals surface area contributed by atoms with Gasteiger partial charge in [0.1, 0.15) is 18.4 Å². The minimum atomic E-state index is -1.02. The van der Waals surface area contributed by atoms with Gasteiger partial charge in [-0.25, -0.2) is 9.78 Å². The smallest absolute Gasteiger partial charge is 0.410 e. The number of nitriles is 1. The molecule has 2 atom stereocenters. The number of fused-ring (bicyclic) bond motifs is 2. The van der Waals surface area contributed by atoms with Crippen molar-refractivity contribution in [3.05, 3.63) is 65.5 Å². The normalized spacial score (nSPS) is 26.4. The van der Waals surface area contributed by atoms with E-state index in [1.165, 1.54) is 0 Å². The molecule has 1 amide bonds. The van der Waals surface area contributed by atoms with Gasteiger partial charge in [-0.2, -0.15) is 5.26 Å². The van der Waals surface area contributed by atoms with E-state index in [4.69, 9.17) is 10.00 Å². The number of carbonyl (C=O) groups excluding carboxylic acids is 1. The van der Waals surface area contributed by atoms with E-state index in [0.29, 0.717) is 24.1 Å². The first-order chi connectivity index (χ1) is 13.1. The van der Waals surface area contributed by atoms with E-state index >= 15 is 0 Å². The van der Waals surface area contributed by atoms with Crippen LogP contribution in [0.2, 0.25) is 0 Å². The number of ether oxygens (including phenoxy) is 1. The summed E-state index contributed by atoms with van der Waals surface area (Å²) in [5.41, 5.74) is 0.960. The number of rotatable bonds is 3. The topological polar surface area (TPSA) is 86.5 Å². The van der Waals surface area contributed by atoms with Gasteiger partial charge in [0, 0.05) is 36.7 Å². The molecule has 0 spiro atoms. The molecule has 2 aliphatic rings. The van der Waals surface area contributed by atoms with Crippen LogP contribution >= 0.6 is 0 Å². The Bertz CT molecular complexity index is 846. The third-order valence-corrected chi connectivity index (χ3v) is 5.60. The minimum Gasteiger partial charge on any atom is -0.445 e. The van der Waals surface area contributed by atoms with Crippen LogP contribution in [0.3, 0.4) is 0 Å². The molecule has 6 heteroatoms. The molecule has 1 N–H and O–H groups in total. The van der Waals surface area contributed by atoms with Crippen molar-refractivity contribution < 1.29 is 14.6 Å². The lowest BCUT2D eigenvalue weighted by Gasteiger charge is -2.43. The van der Waals surface area contributed by atoms with E-state index < -0.39 is 5.60 Å². The number of carbonyl (C=O) groups is 1. The number of hydrogen-bond acceptors (Lipinski definition) is 5. The van der Waals surface area contributed by atoms with Gasteiger partial charge in [-0.05, 0) is 24.5 Å². The number of amides is 1. The Labute approximate surface area is 158 Å². The standard InChI is InChI=1S/C21H21N3O3/c22-12-17-7-6-16(13-23-17)21(26)10-18-8-9-19(11-21)24(18)20(25)27-14-15-4-2-1-3-5-15/h1-7,13,18-19,26H,8-11,14H2. The minimum absolute atomic E-state index is 0.0485. The monoisotopic (exact) mass is 363 g/mol. The largest absolute Gasteiger partial charge is 0.445 e. The van der Waals surface area contributed by atoms with Crippen LogP contribution in [0.1, 0.15) is 42.5 Å². The lowest BCUT2D eigenvalue weighted by molar-refractivity contribution is -0.0538. The number of nitrogens with zero attached hydrogens (tertiary/aromatic N) is 3. The fraction of sp³-hybridized carbons (Fsp3) is 0.381. The third-order valence-electron chi connectivity index (χ3n) is 5.60. The maximum atomic E-state index is 12.6. The molecule has 0 radical (unpaired) electrons. The molecule has 3 heterocycles. The molecule has 2 aliphatic heterocycles. The molecule has 1 aromatic heterocycles. The zero-order valence-corrected chi connectivity index (χ0v) is 14.9. The molecule has 2 bridgehead atoms. The Morgan fingerprint density at radius 3 is 2.52 bits per heavy atom. The van der Waals surface area contributed by atoms with Crippen LogP contribution in [0.15, 0.2) is 48.7 Å². The number of hydrogen-bond donors (Lipinski definition) is 1. The van der Waals surface area contributed by atoms with Gasteiger partial charge in [0.2, 0.25) is 0 Å². The van der Waals surface area contributed by atoms with Crippen molar-refractivity contribution in [2.45, 2.75) is 50.0 Å². The van der Waals surface area contributed by atoms with Gasteiger partial charge >= 0.3 is 6.09 Å². The summed E-state index contributed by atoms with van der Waals surface area (Å²) in [6.07, 6.45) is 3.89. The number of piperidine rings is 1. The summed E-state index contributed by atoms with van der Waals surface area (Å²) in [6.45, 7) is 0.249. The Balaban J connectivity index is 1.45. The highest BCUT2D eigenvalue weighted by Gasteiger charge is 2.50. The second-order valence-electron chi connectivity index (χ2n) is 7.32. The second-order valence-corrected chi connectivity index (χ2v) is 7.32. The Hall–Kier alpha value is -2.91. The molecule has 138 valence electrons. The van der Waals surface area contributed by atoms with Crippen LogP contribution in [0.25, 0.3) is 0 Å². The van der Waals surface area contributed by atoms with Gasteiger partial charge in [-0.3, -0.25) is 0 Å². The average Bonchev–Trinajstić information content (AvgIpc) is 2.99. The molecule has 2 fully saturated rings. The fourth-order valence-corrected chi connectivity index (χ4v) is 4.29. The second kappa shape index (κ2) is 7.01. The Morgan fingerprint density at radius 2 is 1.93 bits per heavy atom. The van der Waals surface area contributed by atoms with Gasteiger partial charge in [0.05, 0.1) is 5.60 Å². The van der Waals surface area contributed by atoms with E-state index in [2.05, 4.69) is 4.98 Å². The summed E-state index contributed by atoms with van der Waals surface area (Å²) in [5, 5.41) is 20.1. The lowest BCUT2D eigenvalue weighted by Crippen LogP contribution is -2.52. The van der Waals surface area contributed by atoms with Gasteiger partial charge in [0.25, 0.3) is 0 Å². The van der Waals surface area contributed by atoms with Crippen molar-refractivity contribution in [2.24, 2.45) is 0 Å². The highest BCUT2D eigenvalue weighted by molar-refractivity contribution is 5.69. The molecule has 0 saturated carbocycles. The SMILES string of the molecule is N#Cc1ccc(C2(O)CC3CCC(C2)N3C(=O)OCc2ccccc2)cn1. The molecule has 6 nitrogen and oxygen atoms in total. The zero-order valence-electron chi connectivity index (χ0n) is 14.9. The molecule has 2 unspecified atom stereocenters. The summed E-state index contributed by atoms with van der Waals surface area (Å²) in [5.74, 6) is 0. The molecule has 2 aromatic rings. The number of aromatic nitrogens is 1. The van der Waals surface area contributed by atoms with Gasteiger partial charge < -0.3 is 14.7 Å². The Kier molecular flexibility index (Phi) is 4.54. The fourth-order valence-electron chi connectivity index (χ4n) is 4.29. The average molecular weight is 363 g/mol. The van der Waals surface area contributed by atoms with E-state index in [9.17, 15) is 9.90 Å². The maximum absolute atomic E-state index is 12.6. The molecule has 2 saturated heterocycles. The maximum Gasteiger partial charge on any atom is 0.410 e. The summed E-state index contributed by atoms with van der Waals surface area (Å²) < 4.78 is 5.51. The number of aliphatic hydroxyl groups is 1. The van der Waals surface area contributed by atoms with Crippen molar-refractivity contribution >= 4 is 6.09 Å². The van der Waals surface area contributed by atoms with Crippen LogP contribution in [-0.4, -0.2) is 33.2 Å². The predicted molar refractivity (Wildman–Crippen MR) is 97.4 cm³/mol. The predicted octanol–water partition coefficient (Wildman–Crippen LogP) is 3.10. The zero-order chi connectivity index (χ0) is 18.9. The summed E-state index contributed by atoms with van der Waals surface area (Å²) in [7, 11) is 0. The van der Waals surface area contributed by atoms with Crippen molar-refractivity contribution in [2.75, 3.05) is 0 Å². The lowest BCUT2D eigenvalue weighted by atomic mass is 9.81. The first kappa shape index (κ1) is 17.5. The van der Waals surface area contributed by atoms with Crippen molar-refractivity contribution in [3.63, 3.8) is 0 Å². The van der Waals surface area contributed by atoms with Crippen molar-refractivity contribution in [1.29, 1.82) is 5.26 Å². The quantitative estimate of drug-likeness (QED) is 0.905. The van der Waals surface area contributed by atoms with Crippen molar-refractivity contribution in [1.82, 2.24) is 9.88 Å². The van der Waals surface area contributed by atoms with E-state index in [1.807, 2.05) is 36.4 Å². The van der Waals surface area contributed by atoms with Crippen LogP contribution in [0, 0.1) is 11.3 Å². The molecular formula is C21H21N3O3. The van der Waals surface area contributed by atoms with E-state index in [-0.39, 0.29) is 24.8 Å². The van der Waals surface area contributed by atoms with Crippen LogP contribution < -0.4 is 0 Å². The first-order valence-corrected chi connectivity index (χ1v) is 9.17. The molecular weight excluding hydrogens is 342 g/mol. The third kappa shape index (κ3) is 3.38. The first-order valence-electron chi connectivity index (χ1n) is 9.17. The molecule has 0 aliphatic carbocycles. The van der Waals surface area contributed by atoms with Crippen molar-refractivity contribution in [3.8, 4) is 6.07 Å². The summed E-state index contributed by atoms with van der Waals surface area (Å²) >= 11 is 0. The summed E-state index contributed by atoms with van der Waals surface area (Å²) in [4.78, 5) is 18.5. The van der Waals surface area contributed by atoms with E-state index in [0.717, 1.165) is 18.4 Å². The number of pyridine rings is 1. The molecule has 4 rings (SSSR count). The van der Waals surface area contributed by atoms with Gasteiger partial charge in [0.15, 0.2) is 0 Å². The molecule has 1 aromatic carbocycles. The highest BCUT2D eigenvalue weighted by atomic mass is 16.6. The van der Waals surface area contributed by atoms with Crippen LogP contribution in [-0.2, 0) is 16.9 Å².